The summed E-state index contributed by atoms with van der Waals surface area (Å²) in [6, 6.07) is 0.428. The Morgan fingerprint density at radius 3 is 2.37 bits per heavy atom. The maximum atomic E-state index is 12.7. The topological polar surface area (TPSA) is 64.7 Å². The maximum absolute atomic E-state index is 12.7. The summed E-state index contributed by atoms with van der Waals surface area (Å²) in [5, 5.41) is 6.50. The van der Waals surface area contributed by atoms with Gasteiger partial charge in [0.2, 0.25) is 11.8 Å². The van der Waals surface area contributed by atoms with E-state index in [0.29, 0.717) is 11.9 Å². The summed E-state index contributed by atoms with van der Waals surface area (Å²) >= 11 is 0. The molecular formula is C20H39ClN4O2. The molecule has 0 spiro atoms. The first-order valence-corrected chi connectivity index (χ1v) is 10.6. The van der Waals surface area contributed by atoms with Gasteiger partial charge in [-0.25, -0.2) is 0 Å². The molecule has 2 N–H and O–H groups in total. The highest BCUT2D eigenvalue weighted by Gasteiger charge is 2.32. The molecule has 2 aliphatic heterocycles. The largest absolute Gasteiger partial charge is 0.356 e. The minimum Gasteiger partial charge on any atom is -0.356 e. The zero-order valence-electron chi connectivity index (χ0n) is 17.3. The molecule has 6 nitrogen and oxygen atoms in total. The molecule has 2 rings (SSSR count). The van der Waals surface area contributed by atoms with Gasteiger partial charge < -0.3 is 20.4 Å². The lowest BCUT2D eigenvalue weighted by atomic mass is 9.90. The molecule has 2 heterocycles. The van der Waals surface area contributed by atoms with Crippen LogP contribution in [0.2, 0.25) is 0 Å². The number of hydrogen-bond donors (Lipinski definition) is 2. The van der Waals surface area contributed by atoms with E-state index in [2.05, 4.69) is 36.3 Å². The van der Waals surface area contributed by atoms with Crippen molar-refractivity contribution in [2.45, 2.75) is 58.9 Å². The minimum absolute atomic E-state index is 0. The highest BCUT2D eigenvalue weighted by molar-refractivity contribution is 5.85. The number of rotatable bonds is 8. The number of amides is 2. The van der Waals surface area contributed by atoms with E-state index in [0.717, 1.165) is 77.9 Å². The number of piperidine rings is 2. The predicted molar refractivity (Wildman–Crippen MR) is 112 cm³/mol. The third-order valence-corrected chi connectivity index (χ3v) is 6.00. The fourth-order valence-corrected chi connectivity index (χ4v) is 4.17. The van der Waals surface area contributed by atoms with Crippen LogP contribution in [-0.4, -0.2) is 73.5 Å². The molecule has 0 saturated carbocycles. The smallest absolute Gasteiger partial charge is 0.225 e. The lowest BCUT2D eigenvalue weighted by Crippen LogP contribution is -2.48. The Bertz CT molecular complexity index is 451. The molecule has 2 amide bonds. The molecule has 0 aromatic carbocycles. The number of hydrogen-bond acceptors (Lipinski definition) is 4. The van der Waals surface area contributed by atoms with Crippen molar-refractivity contribution >= 4 is 24.2 Å². The van der Waals surface area contributed by atoms with E-state index in [-0.39, 0.29) is 30.2 Å². The lowest BCUT2D eigenvalue weighted by molar-refractivity contribution is -0.140. The molecule has 2 fully saturated rings. The van der Waals surface area contributed by atoms with Crippen molar-refractivity contribution in [1.29, 1.82) is 0 Å². The van der Waals surface area contributed by atoms with Gasteiger partial charge in [0.25, 0.3) is 0 Å². The summed E-state index contributed by atoms with van der Waals surface area (Å²) < 4.78 is 0. The van der Waals surface area contributed by atoms with Crippen molar-refractivity contribution in [2.24, 2.45) is 11.8 Å². The molecule has 0 unspecified atom stereocenters. The van der Waals surface area contributed by atoms with Crippen LogP contribution in [0.25, 0.3) is 0 Å². The van der Waals surface area contributed by atoms with Gasteiger partial charge in [0.05, 0.1) is 0 Å². The molecular weight excluding hydrogens is 364 g/mol. The number of likely N-dealkylation sites (tertiary alicyclic amines) is 1. The van der Waals surface area contributed by atoms with Crippen molar-refractivity contribution in [1.82, 2.24) is 20.4 Å². The van der Waals surface area contributed by atoms with Gasteiger partial charge in [-0.1, -0.05) is 13.8 Å². The molecule has 0 aromatic rings. The molecule has 27 heavy (non-hydrogen) atoms. The van der Waals surface area contributed by atoms with E-state index in [1.165, 1.54) is 0 Å². The van der Waals surface area contributed by atoms with Gasteiger partial charge in [-0.15, -0.1) is 12.4 Å². The highest BCUT2D eigenvalue weighted by atomic mass is 35.5. The molecule has 2 aliphatic rings. The van der Waals surface area contributed by atoms with E-state index >= 15 is 0 Å². The fraction of sp³-hybridized carbons (Fsp3) is 0.900. The Kier molecular flexibility index (Phi) is 11.3. The molecule has 7 heteroatoms. The van der Waals surface area contributed by atoms with Crippen LogP contribution in [-0.2, 0) is 9.59 Å². The normalized spacial score (nSPS) is 23.8. The van der Waals surface area contributed by atoms with Crippen molar-refractivity contribution in [3.63, 3.8) is 0 Å². The minimum atomic E-state index is 0. The van der Waals surface area contributed by atoms with Gasteiger partial charge in [-0.05, 0) is 65.2 Å². The van der Waals surface area contributed by atoms with Crippen LogP contribution < -0.4 is 10.6 Å². The third kappa shape index (κ3) is 7.59. The van der Waals surface area contributed by atoms with Gasteiger partial charge in [-0.3, -0.25) is 9.59 Å². The van der Waals surface area contributed by atoms with E-state index < -0.39 is 0 Å². The molecule has 0 bridgehead atoms. The second-order valence-corrected chi connectivity index (χ2v) is 7.85. The van der Waals surface area contributed by atoms with Crippen LogP contribution >= 0.6 is 12.4 Å². The van der Waals surface area contributed by atoms with Crippen molar-refractivity contribution in [3.05, 3.63) is 0 Å². The Labute approximate surface area is 171 Å². The fourth-order valence-electron chi connectivity index (χ4n) is 4.17. The Morgan fingerprint density at radius 2 is 1.78 bits per heavy atom. The third-order valence-electron chi connectivity index (χ3n) is 6.00. The maximum Gasteiger partial charge on any atom is 0.225 e. The standard InChI is InChI=1S/C20H38N4O2.ClH/c1-4-23(5-2)12-6-10-22-19(25)17-8-13-24(14-9-17)20(26)18-7-11-21-16(3)15-18;/h16-18,21H,4-15H2,1-3H3,(H,22,25);1H/t16-,18-;/m0./s1. The molecule has 0 aromatic heterocycles. The SMILES string of the molecule is CCN(CC)CCCNC(=O)C1CCN(C(=O)[C@H]2CCN[C@@H](C)C2)CC1.Cl. The zero-order chi connectivity index (χ0) is 18.9. The van der Waals surface area contributed by atoms with Crippen molar-refractivity contribution in [3.8, 4) is 0 Å². The quantitative estimate of drug-likeness (QED) is 0.608. The first kappa shape index (κ1) is 24.2. The Hall–Kier alpha value is -0.850. The van der Waals surface area contributed by atoms with Crippen LogP contribution in [0.1, 0.15) is 52.9 Å². The number of halogens is 1. The molecule has 0 radical (unpaired) electrons. The second-order valence-electron chi connectivity index (χ2n) is 7.85. The van der Waals surface area contributed by atoms with Gasteiger partial charge >= 0.3 is 0 Å². The average molecular weight is 403 g/mol. The summed E-state index contributed by atoms with van der Waals surface area (Å²) in [6.45, 7) is 12.8. The van der Waals surface area contributed by atoms with Crippen LogP contribution in [0, 0.1) is 11.8 Å². The Balaban J connectivity index is 0.00000364. The Morgan fingerprint density at radius 1 is 1.11 bits per heavy atom. The van der Waals surface area contributed by atoms with Gasteiger partial charge in [0.1, 0.15) is 0 Å². The summed E-state index contributed by atoms with van der Waals surface area (Å²) in [5.74, 6) is 0.708. The molecule has 158 valence electrons. The first-order chi connectivity index (χ1) is 12.5. The average Bonchev–Trinajstić information content (AvgIpc) is 2.67. The van der Waals surface area contributed by atoms with E-state index in [1.807, 2.05) is 4.90 Å². The van der Waals surface area contributed by atoms with Crippen LogP contribution in [0.15, 0.2) is 0 Å². The summed E-state index contributed by atoms with van der Waals surface area (Å²) in [7, 11) is 0. The van der Waals surface area contributed by atoms with E-state index in [4.69, 9.17) is 0 Å². The number of carbonyl (C=O) groups excluding carboxylic acids is 2. The van der Waals surface area contributed by atoms with Crippen molar-refractivity contribution in [2.75, 3.05) is 45.8 Å². The van der Waals surface area contributed by atoms with Crippen molar-refractivity contribution < 1.29 is 9.59 Å². The van der Waals surface area contributed by atoms with Crippen LogP contribution in [0.5, 0.6) is 0 Å². The first-order valence-electron chi connectivity index (χ1n) is 10.6. The monoisotopic (exact) mass is 402 g/mol. The van der Waals surface area contributed by atoms with E-state index in [1.54, 1.807) is 0 Å². The van der Waals surface area contributed by atoms with Gasteiger partial charge in [-0.2, -0.15) is 0 Å². The highest BCUT2D eigenvalue weighted by Crippen LogP contribution is 2.23. The molecule has 0 aliphatic carbocycles. The number of nitrogens with one attached hydrogen (secondary N) is 2. The molecule has 2 saturated heterocycles. The van der Waals surface area contributed by atoms with Gasteiger partial charge in [0, 0.05) is 37.5 Å². The summed E-state index contributed by atoms with van der Waals surface area (Å²) in [4.78, 5) is 29.4. The van der Waals surface area contributed by atoms with Crippen LogP contribution in [0.4, 0.5) is 0 Å². The van der Waals surface area contributed by atoms with Crippen LogP contribution in [0.3, 0.4) is 0 Å². The number of nitrogens with zero attached hydrogens (tertiary/aromatic N) is 2. The predicted octanol–water partition coefficient (Wildman–Crippen LogP) is 1.88. The second kappa shape index (κ2) is 12.6. The molecule has 2 atom stereocenters. The zero-order valence-corrected chi connectivity index (χ0v) is 18.2. The number of carbonyl (C=O) groups is 2. The summed E-state index contributed by atoms with van der Waals surface area (Å²) in [6.07, 6.45) is 4.48. The van der Waals surface area contributed by atoms with Gasteiger partial charge in [0.15, 0.2) is 0 Å². The van der Waals surface area contributed by atoms with E-state index in [9.17, 15) is 9.59 Å². The summed E-state index contributed by atoms with van der Waals surface area (Å²) in [5.41, 5.74) is 0. The lowest BCUT2D eigenvalue weighted by Gasteiger charge is -2.36.